The number of hydrogen-bond acceptors (Lipinski definition) is 4. The Labute approximate surface area is 113 Å². The van der Waals surface area contributed by atoms with E-state index >= 15 is 0 Å². The monoisotopic (exact) mass is 275 g/mol. The second kappa shape index (κ2) is 4.80. The molecule has 0 atom stereocenters. The average molecular weight is 275 g/mol. The molecule has 0 N–H and O–H groups in total. The minimum Gasteiger partial charge on any atom is -0.493 e. The summed E-state index contributed by atoms with van der Waals surface area (Å²) < 4.78 is 24.2. The highest BCUT2D eigenvalue weighted by Gasteiger charge is 2.24. The van der Waals surface area contributed by atoms with Crippen molar-refractivity contribution in [1.82, 2.24) is 0 Å². The number of nitro benzene ring substituents is 1. The Morgan fingerprint density at radius 1 is 1.25 bits per heavy atom. The number of ether oxygens (including phenoxy) is 2. The molecule has 0 aromatic heterocycles. The number of fused-ring (bicyclic) bond motifs is 1. The van der Waals surface area contributed by atoms with E-state index in [2.05, 4.69) is 0 Å². The molecule has 0 radical (unpaired) electrons. The van der Waals surface area contributed by atoms with Crippen molar-refractivity contribution in [3.63, 3.8) is 0 Å². The van der Waals surface area contributed by atoms with Crippen molar-refractivity contribution in [3.05, 3.63) is 57.9 Å². The smallest absolute Gasteiger partial charge is 0.315 e. The van der Waals surface area contributed by atoms with Gasteiger partial charge in [0.15, 0.2) is 11.6 Å². The third-order valence-corrected chi connectivity index (χ3v) is 3.02. The van der Waals surface area contributed by atoms with Crippen LogP contribution in [0.15, 0.2) is 36.4 Å². The van der Waals surface area contributed by atoms with Crippen LogP contribution in [0.3, 0.4) is 0 Å². The number of rotatable bonds is 3. The summed E-state index contributed by atoms with van der Waals surface area (Å²) in [4.78, 5) is 10.5. The van der Waals surface area contributed by atoms with Crippen molar-refractivity contribution < 1.29 is 18.8 Å². The minimum atomic E-state index is -0.571. The van der Waals surface area contributed by atoms with Gasteiger partial charge in [-0.1, -0.05) is 12.1 Å². The molecule has 0 aliphatic carbocycles. The Balaban J connectivity index is 2.04. The second-order valence-electron chi connectivity index (χ2n) is 4.32. The fraction of sp³-hybridized carbons (Fsp3) is 0.143. The Morgan fingerprint density at radius 3 is 2.80 bits per heavy atom. The summed E-state index contributed by atoms with van der Waals surface area (Å²) in [6.07, 6.45) is 0.654. The summed E-state index contributed by atoms with van der Waals surface area (Å²) in [6, 6.07) is 8.62. The first-order valence-electron chi connectivity index (χ1n) is 6.01. The standard InChI is InChI=1S/C14H10FNO4/c15-10-3-1-2-4-12(10)20-14-7-9-5-6-19-13(9)8-11(14)16(17)18/h1-4,7-8H,5-6H2. The van der Waals surface area contributed by atoms with Crippen LogP contribution in [0.2, 0.25) is 0 Å². The van der Waals surface area contributed by atoms with Gasteiger partial charge in [0.25, 0.3) is 0 Å². The Morgan fingerprint density at radius 2 is 2.05 bits per heavy atom. The van der Waals surface area contributed by atoms with Gasteiger partial charge in [0.05, 0.1) is 17.6 Å². The molecule has 5 nitrogen and oxygen atoms in total. The maximum atomic E-state index is 13.6. The molecule has 0 bridgehead atoms. The molecule has 2 aromatic carbocycles. The lowest BCUT2D eigenvalue weighted by molar-refractivity contribution is -0.385. The van der Waals surface area contributed by atoms with Gasteiger partial charge in [-0.2, -0.15) is 0 Å². The molecule has 6 heteroatoms. The van der Waals surface area contributed by atoms with E-state index in [0.29, 0.717) is 18.8 Å². The summed E-state index contributed by atoms with van der Waals surface area (Å²) in [5.41, 5.74) is 0.579. The molecule has 2 aromatic rings. The number of benzene rings is 2. The quantitative estimate of drug-likeness (QED) is 0.635. The predicted molar refractivity (Wildman–Crippen MR) is 68.8 cm³/mol. The lowest BCUT2D eigenvalue weighted by Crippen LogP contribution is -1.96. The van der Waals surface area contributed by atoms with Gasteiger partial charge in [0.2, 0.25) is 5.75 Å². The van der Waals surface area contributed by atoms with Crippen LogP contribution in [0.4, 0.5) is 10.1 Å². The minimum absolute atomic E-state index is 0.0179. The first kappa shape index (κ1) is 12.4. The maximum absolute atomic E-state index is 13.6. The molecule has 20 heavy (non-hydrogen) atoms. The lowest BCUT2D eigenvalue weighted by Gasteiger charge is -2.08. The average Bonchev–Trinajstić information content (AvgIpc) is 2.87. The van der Waals surface area contributed by atoms with Gasteiger partial charge in [-0.15, -0.1) is 0 Å². The van der Waals surface area contributed by atoms with Gasteiger partial charge in [-0.25, -0.2) is 4.39 Å². The Bertz CT molecular complexity index is 687. The van der Waals surface area contributed by atoms with E-state index in [-0.39, 0.29) is 17.2 Å². The van der Waals surface area contributed by atoms with Crippen LogP contribution in [-0.4, -0.2) is 11.5 Å². The summed E-state index contributed by atoms with van der Waals surface area (Å²) >= 11 is 0. The second-order valence-corrected chi connectivity index (χ2v) is 4.32. The Kier molecular flexibility index (Phi) is 2.98. The van der Waals surface area contributed by atoms with Gasteiger partial charge >= 0.3 is 5.69 Å². The normalized spacial score (nSPS) is 12.7. The largest absolute Gasteiger partial charge is 0.493 e. The van der Waals surface area contributed by atoms with Crippen LogP contribution in [-0.2, 0) is 6.42 Å². The first-order chi connectivity index (χ1) is 9.65. The molecule has 0 amide bonds. The van der Waals surface area contributed by atoms with E-state index in [0.717, 1.165) is 5.56 Å². The molecule has 1 heterocycles. The van der Waals surface area contributed by atoms with E-state index in [1.165, 1.54) is 30.3 Å². The predicted octanol–water partition coefficient (Wildman–Crippen LogP) is 3.46. The summed E-state index contributed by atoms with van der Waals surface area (Å²) in [7, 11) is 0. The molecule has 0 fully saturated rings. The fourth-order valence-corrected chi connectivity index (χ4v) is 2.06. The molecule has 0 unspecified atom stereocenters. The van der Waals surface area contributed by atoms with Gasteiger partial charge in [0.1, 0.15) is 5.75 Å². The van der Waals surface area contributed by atoms with Crippen molar-refractivity contribution >= 4 is 5.69 Å². The van der Waals surface area contributed by atoms with E-state index in [4.69, 9.17) is 9.47 Å². The SMILES string of the molecule is O=[N+]([O-])c1cc2c(cc1Oc1ccccc1F)CCO2. The molecule has 0 saturated carbocycles. The zero-order valence-corrected chi connectivity index (χ0v) is 10.3. The van der Waals surface area contributed by atoms with E-state index < -0.39 is 10.7 Å². The third-order valence-electron chi connectivity index (χ3n) is 3.02. The van der Waals surface area contributed by atoms with Crippen LogP contribution < -0.4 is 9.47 Å². The number of para-hydroxylation sites is 1. The van der Waals surface area contributed by atoms with Crippen molar-refractivity contribution in [2.75, 3.05) is 6.61 Å². The maximum Gasteiger partial charge on any atom is 0.315 e. The molecule has 0 spiro atoms. The highest BCUT2D eigenvalue weighted by atomic mass is 19.1. The summed E-state index contributed by atoms with van der Waals surface area (Å²) in [5, 5.41) is 11.1. The molecule has 0 saturated heterocycles. The van der Waals surface area contributed by atoms with E-state index in [1.807, 2.05) is 0 Å². The fourth-order valence-electron chi connectivity index (χ4n) is 2.06. The lowest BCUT2D eigenvalue weighted by atomic mass is 10.1. The molecule has 1 aliphatic heterocycles. The van der Waals surface area contributed by atoms with Crippen LogP contribution >= 0.6 is 0 Å². The van der Waals surface area contributed by atoms with Crippen molar-refractivity contribution in [1.29, 1.82) is 0 Å². The van der Waals surface area contributed by atoms with E-state index in [1.54, 1.807) is 6.07 Å². The highest BCUT2D eigenvalue weighted by Crippen LogP contribution is 2.39. The van der Waals surface area contributed by atoms with Crippen molar-refractivity contribution in [3.8, 4) is 17.2 Å². The number of nitro groups is 1. The van der Waals surface area contributed by atoms with Crippen molar-refractivity contribution in [2.24, 2.45) is 0 Å². The molecule has 1 aliphatic rings. The van der Waals surface area contributed by atoms with Crippen LogP contribution in [0.25, 0.3) is 0 Å². The van der Waals surface area contributed by atoms with Gasteiger partial charge in [-0.05, 0) is 18.2 Å². The van der Waals surface area contributed by atoms with Gasteiger partial charge < -0.3 is 9.47 Å². The van der Waals surface area contributed by atoms with Crippen LogP contribution in [0.1, 0.15) is 5.56 Å². The number of halogens is 1. The Hall–Kier alpha value is -2.63. The van der Waals surface area contributed by atoms with E-state index in [9.17, 15) is 14.5 Å². The highest BCUT2D eigenvalue weighted by molar-refractivity contribution is 5.57. The molecule has 3 rings (SSSR count). The summed E-state index contributed by atoms with van der Waals surface area (Å²) in [5.74, 6) is -0.116. The first-order valence-corrected chi connectivity index (χ1v) is 6.01. The molecular weight excluding hydrogens is 265 g/mol. The van der Waals surface area contributed by atoms with Crippen molar-refractivity contribution in [2.45, 2.75) is 6.42 Å². The zero-order chi connectivity index (χ0) is 14.1. The zero-order valence-electron chi connectivity index (χ0n) is 10.3. The molecule has 102 valence electrons. The van der Waals surface area contributed by atoms with Crippen LogP contribution in [0.5, 0.6) is 17.2 Å². The van der Waals surface area contributed by atoms with Gasteiger partial charge in [0, 0.05) is 12.0 Å². The van der Waals surface area contributed by atoms with Gasteiger partial charge in [-0.3, -0.25) is 10.1 Å². The van der Waals surface area contributed by atoms with Crippen LogP contribution in [0, 0.1) is 15.9 Å². The third kappa shape index (κ3) is 2.16. The number of nitrogens with zero attached hydrogens (tertiary/aromatic N) is 1. The molecular formula is C14H10FNO4. The summed E-state index contributed by atoms with van der Waals surface area (Å²) in [6.45, 7) is 0.482. The number of hydrogen-bond donors (Lipinski definition) is 0. The topological polar surface area (TPSA) is 61.6 Å².